The van der Waals surface area contributed by atoms with Crippen LogP contribution in [0.4, 0.5) is 0 Å². The van der Waals surface area contributed by atoms with Gasteiger partial charge in [-0.05, 0) is 49.5 Å². The molecule has 20 heavy (non-hydrogen) atoms. The molecule has 1 amide bonds. The van der Waals surface area contributed by atoms with E-state index in [2.05, 4.69) is 6.92 Å². The van der Waals surface area contributed by atoms with E-state index in [0.717, 1.165) is 50.3 Å². The molecule has 1 aliphatic rings. The lowest BCUT2D eigenvalue weighted by atomic mass is 10.1. The maximum atomic E-state index is 12.0. The molecule has 1 aromatic carbocycles. The molecule has 0 aliphatic carbocycles. The van der Waals surface area contributed by atoms with Crippen molar-refractivity contribution in [3.8, 4) is 5.75 Å². The summed E-state index contributed by atoms with van der Waals surface area (Å²) >= 11 is 0. The second-order valence-electron chi connectivity index (χ2n) is 5.14. The average molecular weight is 273 g/mol. The fourth-order valence-electron chi connectivity index (χ4n) is 2.28. The van der Waals surface area contributed by atoms with Crippen LogP contribution in [-0.2, 0) is 4.79 Å². The van der Waals surface area contributed by atoms with Gasteiger partial charge in [0.15, 0.2) is 0 Å². The number of piperidine rings is 1. The highest BCUT2D eigenvalue weighted by molar-refractivity contribution is 5.91. The Bertz CT molecular complexity index is 445. The van der Waals surface area contributed by atoms with Gasteiger partial charge in [-0.2, -0.15) is 0 Å². The van der Waals surface area contributed by atoms with Crippen molar-refractivity contribution >= 4 is 12.0 Å². The predicted octanol–water partition coefficient (Wildman–Crippen LogP) is 3.50. The fourth-order valence-corrected chi connectivity index (χ4v) is 2.28. The molecule has 0 atom stereocenters. The van der Waals surface area contributed by atoms with Crippen LogP contribution in [0.15, 0.2) is 30.3 Å². The number of nitrogens with zero attached hydrogens (tertiary/aromatic N) is 1. The van der Waals surface area contributed by atoms with Crippen molar-refractivity contribution < 1.29 is 9.53 Å². The first-order valence-electron chi connectivity index (χ1n) is 7.49. The summed E-state index contributed by atoms with van der Waals surface area (Å²) in [6, 6.07) is 7.84. The van der Waals surface area contributed by atoms with Gasteiger partial charge in [-0.3, -0.25) is 4.79 Å². The van der Waals surface area contributed by atoms with E-state index in [0.29, 0.717) is 0 Å². The second-order valence-corrected chi connectivity index (χ2v) is 5.14. The van der Waals surface area contributed by atoms with Crippen molar-refractivity contribution in [3.63, 3.8) is 0 Å². The highest BCUT2D eigenvalue weighted by Crippen LogP contribution is 2.14. The summed E-state index contributed by atoms with van der Waals surface area (Å²) < 4.78 is 5.53. The molecule has 0 radical (unpaired) electrons. The molecule has 0 N–H and O–H groups in total. The van der Waals surface area contributed by atoms with Crippen molar-refractivity contribution in [2.75, 3.05) is 19.7 Å². The quantitative estimate of drug-likeness (QED) is 0.768. The van der Waals surface area contributed by atoms with Gasteiger partial charge in [-0.15, -0.1) is 0 Å². The Morgan fingerprint density at radius 1 is 1.20 bits per heavy atom. The van der Waals surface area contributed by atoms with Crippen LogP contribution in [0.25, 0.3) is 6.08 Å². The van der Waals surface area contributed by atoms with Gasteiger partial charge in [-0.25, -0.2) is 0 Å². The summed E-state index contributed by atoms with van der Waals surface area (Å²) in [6.07, 6.45) is 8.05. The van der Waals surface area contributed by atoms with E-state index < -0.39 is 0 Å². The monoisotopic (exact) mass is 273 g/mol. The Kier molecular flexibility index (Phi) is 5.66. The number of benzene rings is 1. The zero-order valence-electron chi connectivity index (χ0n) is 12.2. The van der Waals surface area contributed by atoms with E-state index >= 15 is 0 Å². The minimum Gasteiger partial charge on any atom is -0.494 e. The van der Waals surface area contributed by atoms with Crippen molar-refractivity contribution in [2.24, 2.45) is 0 Å². The summed E-state index contributed by atoms with van der Waals surface area (Å²) in [5.41, 5.74) is 1.03. The van der Waals surface area contributed by atoms with E-state index in [9.17, 15) is 4.79 Å². The van der Waals surface area contributed by atoms with E-state index in [1.165, 1.54) is 6.42 Å². The number of rotatable bonds is 5. The van der Waals surface area contributed by atoms with Gasteiger partial charge < -0.3 is 9.64 Å². The topological polar surface area (TPSA) is 29.5 Å². The van der Waals surface area contributed by atoms with Crippen molar-refractivity contribution in [2.45, 2.75) is 32.6 Å². The number of likely N-dealkylation sites (tertiary alicyclic amines) is 1. The van der Waals surface area contributed by atoms with Gasteiger partial charge in [0.05, 0.1) is 6.61 Å². The van der Waals surface area contributed by atoms with Gasteiger partial charge in [0.25, 0.3) is 0 Å². The molecule has 0 unspecified atom stereocenters. The van der Waals surface area contributed by atoms with Crippen LogP contribution in [0, 0.1) is 0 Å². The zero-order chi connectivity index (χ0) is 14.2. The van der Waals surface area contributed by atoms with Crippen LogP contribution in [0.5, 0.6) is 5.75 Å². The number of carbonyl (C=O) groups excluding carboxylic acids is 1. The van der Waals surface area contributed by atoms with Crippen LogP contribution in [-0.4, -0.2) is 30.5 Å². The number of carbonyl (C=O) groups is 1. The number of ether oxygens (including phenoxy) is 1. The molecule has 1 aromatic rings. The summed E-state index contributed by atoms with van der Waals surface area (Å²) in [5, 5.41) is 0. The summed E-state index contributed by atoms with van der Waals surface area (Å²) in [5.74, 6) is 1.00. The van der Waals surface area contributed by atoms with Crippen molar-refractivity contribution in [3.05, 3.63) is 35.9 Å². The number of amides is 1. The minimum absolute atomic E-state index is 0.121. The first-order valence-corrected chi connectivity index (χ1v) is 7.49. The first-order chi connectivity index (χ1) is 9.79. The van der Waals surface area contributed by atoms with Gasteiger partial charge in [0.2, 0.25) is 5.91 Å². The highest BCUT2D eigenvalue weighted by atomic mass is 16.5. The lowest BCUT2D eigenvalue weighted by Crippen LogP contribution is -2.34. The third-order valence-corrected chi connectivity index (χ3v) is 3.44. The summed E-state index contributed by atoms with van der Waals surface area (Å²) in [6.45, 7) is 4.62. The van der Waals surface area contributed by atoms with Crippen molar-refractivity contribution in [1.82, 2.24) is 4.90 Å². The largest absolute Gasteiger partial charge is 0.494 e. The maximum Gasteiger partial charge on any atom is 0.246 e. The van der Waals surface area contributed by atoms with Crippen molar-refractivity contribution in [1.29, 1.82) is 0 Å². The Balaban J connectivity index is 1.88. The number of hydrogen-bond donors (Lipinski definition) is 0. The summed E-state index contributed by atoms with van der Waals surface area (Å²) in [7, 11) is 0. The van der Waals surface area contributed by atoms with Crippen LogP contribution in [0.2, 0.25) is 0 Å². The van der Waals surface area contributed by atoms with Crippen LogP contribution in [0.3, 0.4) is 0 Å². The normalized spacial score (nSPS) is 15.6. The molecule has 0 spiro atoms. The molecule has 3 nitrogen and oxygen atoms in total. The molecule has 0 saturated carbocycles. The fraction of sp³-hybridized carbons (Fsp3) is 0.471. The van der Waals surface area contributed by atoms with E-state index in [-0.39, 0.29) is 5.91 Å². The zero-order valence-corrected chi connectivity index (χ0v) is 12.2. The molecule has 2 rings (SSSR count). The van der Waals surface area contributed by atoms with Gasteiger partial charge in [0, 0.05) is 19.2 Å². The summed E-state index contributed by atoms with van der Waals surface area (Å²) in [4.78, 5) is 13.9. The van der Waals surface area contributed by atoms with Gasteiger partial charge in [0.1, 0.15) is 5.75 Å². The molecule has 108 valence electrons. The Hall–Kier alpha value is -1.77. The maximum absolute atomic E-state index is 12.0. The van der Waals surface area contributed by atoms with Crippen LogP contribution < -0.4 is 4.74 Å². The number of hydrogen-bond acceptors (Lipinski definition) is 2. The lowest BCUT2D eigenvalue weighted by Gasteiger charge is -2.25. The minimum atomic E-state index is 0.121. The van der Waals surface area contributed by atoms with E-state index in [1.54, 1.807) is 6.08 Å². The third kappa shape index (κ3) is 4.41. The standard InChI is InChI=1S/C17H23NO2/c1-2-14-20-16-9-6-15(7-10-16)8-11-17(19)18-12-4-3-5-13-18/h6-11H,2-5,12-14H2,1H3. The third-order valence-electron chi connectivity index (χ3n) is 3.44. The molecule has 1 heterocycles. The molecule has 1 saturated heterocycles. The van der Waals surface area contributed by atoms with Gasteiger partial charge >= 0.3 is 0 Å². The predicted molar refractivity (Wildman–Crippen MR) is 81.7 cm³/mol. The van der Waals surface area contributed by atoms with Crippen LogP contribution >= 0.6 is 0 Å². The van der Waals surface area contributed by atoms with E-state index in [1.807, 2.05) is 35.2 Å². The SMILES string of the molecule is CCCOc1ccc(C=CC(=O)N2CCCCC2)cc1. The van der Waals surface area contributed by atoms with Gasteiger partial charge in [-0.1, -0.05) is 19.1 Å². The Labute approximate surface area is 121 Å². The Morgan fingerprint density at radius 2 is 1.90 bits per heavy atom. The molecular weight excluding hydrogens is 250 g/mol. The average Bonchev–Trinajstić information content (AvgIpc) is 2.52. The first kappa shape index (κ1) is 14.6. The smallest absolute Gasteiger partial charge is 0.246 e. The second kappa shape index (κ2) is 7.73. The van der Waals surface area contributed by atoms with Crippen LogP contribution in [0.1, 0.15) is 38.2 Å². The highest BCUT2D eigenvalue weighted by Gasteiger charge is 2.13. The molecule has 1 fully saturated rings. The molecule has 3 heteroatoms. The molecule has 0 aromatic heterocycles. The molecule has 0 bridgehead atoms. The Morgan fingerprint density at radius 3 is 2.55 bits per heavy atom. The van der Waals surface area contributed by atoms with E-state index in [4.69, 9.17) is 4.74 Å². The molecular formula is C17H23NO2. The lowest BCUT2D eigenvalue weighted by molar-refractivity contribution is -0.126. The molecule has 1 aliphatic heterocycles.